The largest absolute Gasteiger partial charge is 0.467 e. The van der Waals surface area contributed by atoms with Gasteiger partial charge in [0.05, 0.1) is 7.11 Å². The molecule has 0 aromatic heterocycles. The van der Waals surface area contributed by atoms with E-state index in [9.17, 15) is 19.2 Å². The molecular formula is C30H49N3O6. The van der Waals surface area contributed by atoms with E-state index in [1.165, 1.54) is 31.0 Å². The third-order valence-corrected chi connectivity index (χ3v) is 6.76. The number of ether oxygens (including phenoxy) is 2. The summed E-state index contributed by atoms with van der Waals surface area (Å²) in [5.41, 5.74) is -1.51. The van der Waals surface area contributed by atoms with Crippen LogP contribution in [0, 0.1) is 11.3 Å². The lowest BCUT2D eigenvalue weighted by molar-refractivity contribution is -0.156. The fourth-order valence-electron chi connectivity index (χ4n) is 4.66. The number of carbonyl (C=O) groups excluding carboxylic acids is 4. The maximum absolute atomic E-state index is 14.1. The van der Waals surface area contributed by atoms with Crippen molar-refractivity contribution in [3.63, 3.8) is 0 Å². The molecule has 0 bridgehead atoms. The van der Waals surface area contributed by atoms with E-state index >= 15 is 0 Å². The molecule has 3 atom stereocenters. The molecule has 0 radical (unpaired) electrons. The van der Waals surface area contributed by atoms with E-state index in [0.29, 0.717) is 0 Å². The summed E-state index contributed by atoms with van der Waals surface area (Å²) in [7, 11) is 4.34. The van der Waals surface area contributed by atoms with Crippen LogP contribution in [0.15, 0.2) is 30.3 Å². The molecule has 2 unspecified atom stereocenters. The molecule has 220 valence electrons. The molecule has 0 spiro atoms. The van der Waals surface area contributed by atoms with Gasteiger partial charge in [-0.2, -0.15) is 0 Å². The Bertz CT molecular complexity index is 1010. The average molecular weight is 548 g/mol. The second-order valence-electron chi connectivity index (χ2n) is 13.1. The van der Waals surface area contributed by atoms with E-state index < -0.39 is 58.4 Å². The highest BCUT2D eigenvalue weighted by Crippen LogP contribution is 2.32. The Balaban J connectivity index is 3.56. The first kappa shape index (κ1) is 33.9. The molecular weight excluding hydrogens is 498 g/mol. The topological polar surface area (TPSA) is 105 Å². The van der Waals surface area contributed by atoms with Gasteiger partial charge in [0.2, 0.25) is 11.8 Å². The molecule has 1 N–H and O–H groups in total. The Morgan fingerprint density at radius 2 is 1.36 bits per heavy atom. The summed E-state index contributed by atoms with van der Waals surface area (Å²) in [5, 5.41) is 2.93. The van der Waals surface area contributed by atoms with Crippen molar-refractivity contribution < 1.29 is 28.7 Å². The summed E-state index contributed by atoms with van der Waals surface area (Å²) in [5.74, 6) is -1.70. The van der Waals surface area contributed by atoms with Gasteiger partial charge in [-0.25, -0.2) is 9.59 Å². The molecule has 0 aliphatic rings. The van der Waals surface area contributed by atoms with Gasteiger partial charge in [0.1, 0.15) is 23.7 Å². The number of amides is 3. The first-order valence-electron chi connectivity index (χ1n) is 13.3. The standard InChI is InChI=1S/C30H49N3O6/c1-19(2)21(26(36)38-13)32(11)25(35)22(28(3,4)5)31-24(34)23(33(12)27(37)39-29(6,7)8)30(9,10)20-17-15-14-16-18-20/h14-19,21-23H,1-13H3,(H,31,34)/t21-,22?,23?/m0/s1. The highest BCUT2D eigenvalue weighted by molar-refractivity contribution is 5.94. The van der Waals surface area contributed by atoms with E-state index in [2.05, 4.69) is 5.32 Å². The fraction of sp³-hybridized carbons (Fsp3) is 0.667. The quantitative estimate of drug-likeness (QED) is 0.460. The molecule has 0 saturated carbocycles. The van der Waals surface area contributed by atoms with Crippen molar-refractivity contribution in [2.75, 3.05) is 21.2 Å². The molecule has 39 heavy (non-hydrogen) atoms. The van der Waals surface area contributed by atoms with Crippen LogP contribution in [-0.4, -0.2) is 78.6 Å². The summed E-state index contributed by atoms with van der Waals surface area (Å²) in [4.78, 5) is 56.3. The monoisotopic (exact) mass is 547 g/mol. The van der Waals surface area contributed by atoms with Crippen LogP contribution < -0.4 is 5.32 Å². The molecule has 1 rings (SSSR count). The van der Waals surface area contributed by atoms with Gasteiger partial charge < -0.3 is 19.7 Å². The van der Waals surface area contributed by atoms with E-state index in [1.54, 1.807) is 20.8 Å². The SMILES string of the molecule is COC(=O)[C@H](C(C)C)N(C)C(=O)C(NC(=O)C(N(C)C(=O)OC(C)(C)C)C(C)(C)c1ccccc1)C(C)(C)C. The lowest BCUT2D eigenvalue weighted by Crippen LogP contribution is -2.63. The number of rotatable bonds is 9. The first-order valence-corrected chi connectivity index (χ1v) is 13.3. The molecule has 9 heteroatoms. The normalized spacial score (nSPS) is 14.6. The van der Waals surface area contributed by atoms with Crippen LogP contribution in [0.5, 0.6) is 0 Å². The van der Waals surface area contributed by atoms with Gasteiger partial charge in [-0.05, 0) is 37.7 Å². The lowest BCUT2D eigenvalue weighted by Gasteiger charge is -2.42. The number of nitrogens with one attached hydrogen (secondary N) is 1. The summed E-state index contributed by atoms with van der Waals surface area (Å²) in [6.07, 6.45) is -0.659. The second-order valence-corrected chi connectivity index (χ2v) is 13.1. The van der Waals surface area contributed by atoms with E-state index in [0.717, 1.165) is 5.56 Å². The number of benzene rings is 1. The Morgan fingerprint density at radius 3 is 1.77 bits per heavy atom. The predicted octanol–water partition coefficient (Wildman–Crippen LogP) is 4.39. The Labute approximate surface area is 234 Å². The minimum atomic E-state index is -1.03. The van der Waals surface area contributed by atoms with Gasteiger partial charge in [0.15, 0.2) is 0 Å². The molecule has 0 aliphatic carbocycles. The zero-order valence-electron chi connectivity index (χ0n) is 26.0. The van der Waals surface area contributed by atoms with Gasteiger partial charge in [-0.3, -0.25) is 14.5 Å². The van der Waals surface area contributed by atoms with Crippen LogP contribution >= 0.6 is 0 Å². The molecule has 9 nitrogen and oxygen atoms in total. The molecule has 1 aromatic rings. The maximum atomic E-state index is 14.1. The van der Waals surface area contributed by atoms with Gasteiger partial charge in [0.25, 0.3) is 0 Å². The van der Waals surface area contributed by atoms with Crippen molar-refractivity contribution in [1.29, 1.82) is 0 Å². The molecule has 0 saturated heterocycles. The van der Waals surface area contributed by atoms with Crippen molar-refractivity contribution in [2.24, 2.45) is 11.3 Å². The van der Waals surface area contributed by atoms with Crippen molar-refractivity contribution >= 4 is 23.9 Å². The number of methoxy groups -OCH3 is 1. The predicted molar refractivity (Wildman–Crippen MR) is 152 cm³/mol. The van der Waals surface area contributed by atoms with Crippen LogP contribution in [0.25, 0.3) is 0 Å². The van der Waals surface area contributed by atoms with Gasteiger partial charge in [-0.15, -0.1) is 0 Å². The van der Waals surface area contributed by atoms with E-state index in [1.807, 2.05) is 78.8 Å². The van der Waals surface area contributed by atoms with Crippen LogP contribution in [0.1, 0.15) is 74.8 Å². The first-order chi connectivity index (χ1) is 17.7. The summed E-state index contributed by atoms with van der Waals surface area (Å²) < 4.78 is 10.5. The smallest absolute Gasteiger partial charge is 0.410 e. The Hall–Kier alpha value is -3.10. The molecule has 0 fully saturated rings. The number of esters is 1. The minimum Gasteiger partial charge on any atom is -0.467 e. The van der Waals surface area contributed by atoms with Crippen molar-refractivity contribution in [3.8, 4) is 0 Å². The summed E-state index contributed by atoms with van der Waals surface area (Å²) in [6.45, 7) is 18.2. The average Bonchev–Trinajstić information content (AvgIpc) is 2.80. The van der Waals surface area contributed by atoms with Crippen LogP contribution in [-0.2, 0) is 29.3 Å². The highest BCUT2D eigenvalue weighted by atomic mass is 16.6. The van der Waals surface area contributed by atoms with Crippen molar-refractivity contribution in [2.45, 2.75) is 98.4 Å². The van der Waals surface area contributed by atoms with Crippen molar-refractivity contribution in [1.82, 2.24) is 15.1 Å². The minimum absolute atomic E-state index is 0.217. The lowest BCUT2D eigenvalue weighted by atomic mass is 9.76. The summed E-state index contributed by atoms with van der Waals surface area (Å²) >= 11 is 0. The van der Waals surface area contributed by atoms with Gasteiger partial charge in [-0.1, -0.05) is 78.8 Å². The van der Waals surface area contributed by atoms with E-state index in [4.69, 9.17) is 9.47 Å². The van der Waals surface area contributed by atoms with E-state index in [-0.39, 0.29) is 5.92 Å². The number of hydrogen-bond acceptors (Lipinski definition) is 6. The number of nitrogens with zero attached hydrogens (tertiary/aromatic N) is 2. The van der Waals surface area contributed by atoms with Crippen LogP contribution in [0.2, 0.25) is 0 Å². The van der Waals surface area contributed by atoms with Crippen molar-refractivity contribution in [3.05, 3.63) is 35.9 Å². The molecule has 1 aromatic carbocycles. The number of likely N-dealkylation sites (N-methyl/N-ethyl adjacent to an activating group) is 2. The number of hydrogen-bond donors (Lipinski definition) is 1. The second kappa shape index (κ2) is 12.8. The summed E-state index contributed by atoms with van der Waals surface area (Å²) in [6, 6.07) is 6.55. The molecule has 3 amide bonds. The zero-order chi connectivity index (χ0) is 30.5. The zero-order valence-corrected chi connectivity index (χ0v) is 26.0. The third kappa shape index (κ3) is 8.70. The Morgan fingerprint density at radius 1 is 0.846 bits per heavy atom. The molecule has 0 aliphatic heterocycles. The third-order valence-electron chi connectivity index (χ3n) is 6.76. The highest BCUT2D eigenvalue weighted by Gasteiger charge is 2.46. The van der Waals surface area contributed by atoms with Gasteiger partial charge in [0, 0.05) is 19.5 Å². The fourth-order valence-corrected chi connectivity index (χ4v) is 4.66. The van der Waals surface area contributed by atoms with Crippen LogP contribution in [0.3, 0.4) is 0 Å². The Kier molecular flexibility index (Phi) is 11.2. The molecule has 0 heterocycles. The van der Waals surface area contributed by atoms with Gasteiger partial charge >= 0.3 is 12.1 Å². The maximum Gasteiger partial charge on any atom is 0.410 e. The number of carbonyl (C=O) groups is 4. The van der Waals surface area contributed by atoms with Crippen LogP contribution in [0.4, 0.5) is 4.79 Å².